The lowest BCUT2D eigenvalue weighted by Crippen LogP contribution is -2.24. The summed E-state index contributed by atoms with van der Waals surface area (Å²) in [6.45, 7) is 0.597. The summed E-state index contributed by atoms with van der Waals surface area (Å²) in [5.74, 6) is -4.43. The minimum absolute atomic E-state index is 0.0486. The monoisotopic (exact) mass is 254 g/mol. The average Bonchev–Trinajstić information content (AvgIpc) is 2.31. The van der Waals surface area contributed by atoms with Crippen LogP contribution in [0.15, 0.2) is 15.2 Å². The number of halogens is 3. The molecule has 0 saturated carbocycles. The van der Waals surface area contributed by atoms with Crippen molar-refractivity contribution in [2.75, 3.05) is 0 Å². The molecule has 1 nitrogen and oxygen atoms in total. The van der Waals surface area contributed by atoms with E-state index in [0.717, 1.165) is 0 Å². The van der Waals surface area contributed by atoms with Gasteiger partial charge >= 0.3 is 5.92 Å². The molecule has 0 bridgehead atoms. The number of rotatable bonds is 2. The Morgan fingerprint density at radius 1 is 1.58 bits per heavy atom. The molecule has 0 aliphatic heterocycles. The van der Waals surface area contributed by atoms with Crippen molar-refractivity contribution in [3.05, 3.63) is 20.8 Å². The number of hydrogen-bond acceptors (Lipinski definition) is 2. The van der Waals surface area contributed by atoms with Crippen molar-refractivity contribution in [3.63, 3.8) is 0 Å². The predicted octanol–water partition coefficient (Wildman–Crippen LogP) is 3.35. The molecule has 0 aliphatic rings. The van der Waals surface area contributed by atoms with Crippen LogP contribution in [0.3, 0.4) is 0 Å². The van der Waals surface area contributed by atoms with E-state index in [-0.39, 0.29) is 5.56 Å². The molecule has 0 amide bonds. The Labute approximate surface area is 80.5 Å². The Kier molecular flexibility index (Phi) is 2.63. The highest BCUT2D eigenvalue weighted by Gasteiger charge is 2.34. The summed E-state index contributed by atoms with van der Waals surface area (Å²) >= 11 is 4.23. The van der Waals surface area contributed by atoms with Gasteiger partial charge in [-0.25, -0.2) is 0 Å². The summed E-state index contributed by atoms with van der Waals surface area (Å²) in [6, 6.07) is 0. The minimum Gasteiger partial charge on any atom is -0.287 e. The molecule has 0 fully saturated rings. The van der Waals surface area contributed by atoms with E-state index in [9.17, 15) is 13.6 Å². The maximum Gasteiger partial charge on any atom is 0.307 e. The third-order valence-corrected chi connectivity index (χ3v) is 2.96. The van der Waals surface area contributed by atoms with Gasteiger partial charge in [-0.1, -0.05) is 0 Å². The molecule has 1 aromatic heterocycles. The lowest BCUT2D eigenvalue weighted by molar-refractivity contribution is 0.0221. The minimum atomic E-state index is -3.29. The largest absolute Gasteiger partial charge is 0.307 e. The Bertz CT molecular complexity index is 303. The first-order chi connectivity index (χ1) is 5.43. The van der Waals surface area contributed by atoms with Gasteiger partial charge in [-0.15, -0.1) is 0 Å². The molecule has 0 spiro atoms. The summed E-state index contributed by atoms with van der Waals surface area (Å²) in [6.07, 6.45) is 0. The van der Waals surface area contributed by atoms with E-state index in [4.69, 9.17) is 0 Å². The summed E-state index contributed by atoms with van der Waals surface area (Å²) in [4.78, 5) is 11.0. The van der Waals surface area contributed by atoms with Crippen LogP contribution in [0.25, 0.3) is 0 Å². The predicted molar refractivity (Wildman–Crippen MR) is 47.0 cm³/mol. The smallest absolute Gasteiger partial charge is 0.287 e. The number of alkyl halides is 2. The van der Waals surface area contributed by atoms with Crippen molar-refractivity contribution in [2.24, 2.45) is 0 Å². The molecule has 1 heterocycles. The van der Waals surface area contributed by atoms with E-state index < -0.39 is 11.7 Å². The lowest BCUT2D eigenvalue weighted by Gasteiger charge is -2.06. The number of thiophene rings is 1. The SMILES string of the molecule is CC(F)(F)C(=O)c1cscc1Br. The zero-order valence-electron chi connectivity index (χ0n) is 6.11. The van der Waals surface area contributed by atoms with Crippen molar-refractivity contribution in [3.8, 4) is 0 Å². The van der Waals surface area contributed by atoms with Crippen molar-refractivity contribution < 1.29 is 13.6 Å². The number of Topliss-reactive ketones (excluding diaryl/α,β-unsaturated/α-hetero) is 1. The van der Waals surface area contributed by atoms with Gasteiger partial charge in [0.15, 0.2) is 0 Å². The van der Waals surface area contributed by atoms with Gasteiger partial charge in [0.25, 0.3) is 0 Å². The van der Waals surface area contributed by atoms with Gasteiger partial charge < -0.3 is 0 Å². The van der Waals surface area contributed by atoms with Gasteiger partial charge in [0, 0.05) is 27.7 Å². The fourth-order valence-corrected chi connectivity index (χ4v) is 2.13. The fraction of sp³-hybridized carbons (Fsp3) is 0.286. The molecule has 1 aromatic rings. The summed E-state index contributed by atoms with van der Waals surface area (Å²) in [7, 11) is 0. The molecule has 1 rings (SSSR count). The maximum absolute atomic E-state index is 12.5. The van der Waals surface area contributed by atoms with Crippen LogP contribution >= 0.6 is 27.3 Å². The number of hydrogen-bond donors (Lipinski definition) is 0. The van der Waals surface area contributed by atoms with Crippen LogP contribution in [0.1, 0.15) is 17.3 Å². The van der Waals surface area contributed by atoms with Crippen molar-refractivity contribution in [1.82, 2.24) is 0 Å². The molecule has 0 unspecified atom stereocenters. The Morgan fingerprint density at radius 3 is 2.50 bits per heavy atom. The highest BCUT2D eigenvalue weighted by Crippen LogP contribution is 2.27. The van der Waals surface area contributed by atoms with Crippen LogP contribution in [-0.2, 0) is 0 Å². The average molecular weight is 255 g/mol. The molecule has 0 atom stereocenters. The van der Waals surface area contributed by atoms with Crippen LogP contribution in [-0.4, -0.2) is 11.7 Å². The number of carbonyl (C=O) groups is 1. The third-order valence-electron chi connectivity index (χ3n) is 1.26. The van der Waals surface area contributed by atoms with Crippen LogP contribution in [0, 0.1) is 0 Å². The Morgan fingerprint density at radius 2 is 2.17 bits per heavy atom. The maximum atomic E-state index is 12.5. The van der Waals surface area contributed by atoms with Crippen LogP contribution < -0.4 is 0 Å². The highest BCUT2D eigenvalue weighted by atomic mass is 79.9. The molecule has 0 aliphatic carbocycles. The van der Waals surface area contributed by atoms with Crippen molar-refractivity contribution in [2.45, 2.75) is 12.8 Å². The van der Waals surface area contributed by atoms with Gasteiger partial charge in [0.05, 0.1) is 0 Å². The van der Waals surface area contributed by atoms with E-state index in [1.54, 1.807) is 5.38 Å². The molecule has 5 heteroatoms. The normalized spacial score (nSPS) is 11.7. The quantitative estimate of drug-likeness (QED) is 0.740. The van der Waals surface area contributed by atoms with Crippen molar-refractivity contribution >= 4 is 33.0 Å². The second-order valence-electron chi connectivity index (χ2n) is 2.35. The second-order valence-corrected chi connectivity index (χ2v) is 3.95. The molecule has 0 radical (unpaired) electrons. The van der Waals surface area contributed by atoms with E-state index in [0.29, 0.717) is 11.4 Å². The first kappa shape index (κ1) is 9.80. The number of ketones is 1. The van der Waals surface area contributed by atoms with E-state index in [1.807, 2.05) is 0 Å². The summed E-state index contributed by atoms with van der Waals surface area (Å²) in [5.41, 5.74) is 0.0486. The molecular formula is C7H5BrF2OS. The van der Waals surface area contributed by atoms with E-state index >= 15 is 0 Å². The fourth-order valence-electron chi connectivity index (χ4n) is 0.680. The third kappa shape index (κ3) is 1.90. The summed E-state index contributed by atoms with van der Waals surface area (Å²) < 4.78 is 25.4. The topological polar surface area (TPSA) is 17.1 Å². The molecule has 0 aromatic carbocycles. The standard InChI is InChI=1S/C7H5BrF2OS/c1-7(9,10)6(11)4-2-12-3-5(4)8/h2-3H,1H3. The molecule has 66 valence electrons. The number of carbonyl (C=O) groups excluding carboxylic acids is 1. The molecular weight excluding hydrogens is 250 g/mol. The lowest BCUT2D eigenvalue weighted by atomic mass is 10.1. The van der Waals surface area contributed by atoms with Crippen LogP contribution in [0.4, 0.5) is 8.78 Å². The zero-order valence-corrected chi connectivity index (χ0v) is 8.51. The van der Waals surface area contributed by atoms with Gasteiger partial charge in [-0.05, 0) is 15.9 Å². The molecule has 12 heavy (non-hydrogen) atoms. The zero-order chi connectivity index (χ0) is 9.35. The molecule has 0 saturated heterocycles. The molecule has 0 N–H and O–H groups in total. The van der Waals surface area contributed by atoms with Gasteiger partial charge in [0.1, 0.15) is 0 Å². The second kappa shape index (κ2) is 3.22. The van der Waals surface area contributed by atoms with Crippen LogP contribution in [0.2, 0.25) is 0 Å². The Balaban J connectivity index is 3.01. The van der Waals surface area contributed by atoms with Crippen molar-refractivity contribution in [1.29, 1.82) is 0 Å². The van der Waals surface area contributed by atoms with Gasteiger partial charge in [0.2, 0.25) is 5.78 Å². The van der Waals surface area contributed by atoms with Crippen LogP contribution in [0.5, 0.6) is 0 Å². The highest BCUT2D eigenvalue weighted by molar-refractivity contribution is 9.10. The summed E-state index contributed by atoms with van der Waals surface area (Å²) in [5, 5.41) is 3.00. The first-order valence-electron chi connectivity index (χ1n) is 3.07. The first-order valence-corrected chi connectivity index (χ1v) is 4.81. The van der Waals surface area contributed by atoms with E-state index in [2.05, 4.69) is 15.9 Å². The van der Waals surface area contributed by atoms with Gasteiger partial charge in [-0.2, -0.15) is 20.1 Å². The Hall–Kier alpha value is -0.290. The van der Waals surface area contributed by atoms with E-state index in [1.165, 1.54) is 16.7 Å². The van der Waals surface area contributed by atoms with Gasteiger partial charge in [-0.3, -0.25) is 4.79 Å².